The van der Waals surface area contributed by atoms with Gasteiger partial charge in [0.15, 0.2) is 5.11 Å². The lowest BCUT2D eigenvalue weighted by molar-refractivity contribution is 0.376. The maximum atomic E-state index is 5.92. The maximum Gasteiger partial charge on any atom is 0.194 e. The number of aromatic nitrogens is 2. The summed E-state index contributed by atoms with van der Waals surface area (Å²) in [7, 11) is 1.68. The fourth-order valence-corrected chi connectivity index (χ4v) is 5.54. The second-order valence-electron chi connectivity index (χ2n) is 8.86. The second kappa shape index (κ2) is 10.6. The first-order valence-corrected chi connectivity index (χ1v) is 13.6. The lowest BCUT2D eigenvalue weighted by Gasteiger charge is -2.24. The van der Waals surface area contributed by atoms with Gasteiger partial charge in [-0.1, -0.05) is 48.5 Å². The van der Waals surface area contributed by atoms with Gasteiger partial charge < -0.3 is 10.1 Å². The van der Waals surface area contributed by atoms with Crippen LogP contribution in [-0.2, 0) is 0 Å². The van der Waals surface area contributed by atoms with Crippen molar-refractivity contribution in [2.24, 2.45) is 5.10 Å². The van der Waals surface area contributed by atoms with E-state index < -0.39 is 0 Å². The Morgan fingerprint density at radius 1 is 0.974 bits per heavy atom. The molecule has 3 aromatic carbocycles. The second-order valence-corrected chi connectivity index (χ2v) is 10.0. The van der Waals surface area contributed by atoms with E-state index in [4.69, 9.17) is 27.2 Å². The van der Waals surface area contributed by atoms with E-state index >= 15 is 0 Å². The molecule has 0 amide bonds. The summed E-state index contributed by atoms with van der Waals surface area (Å²) in [4.78, 5) is 0. The van der Waals surface area contributed by atoms with Crippen molar-refractivity contribution in [1.82, 2.24) is 14.8 Å². The molecular formula is C30H25N5OS2. The van der Waals surface area contributed by atoms with Crippen LogP contribution in [0.25, 0.3) is 16.9 Å². The Morgan fingerprint density at radius 2 is 1.76 bits per heavy atom. The summed E-state index contributed by atoms with van der Waals surface area (Å²) in [6.07, 6.45) is 2.80. The van der Waals surface area contributed by atoms with Gasteiger partial charge in [0.05, 0.1) is 30.2 Å². The van der Waals surface area contributed by atoms with Crippen molar-refractivity contribution >= 4 is 40.1 Å². The van der Waals surface area contributed by atoms with Crippen molar-refractivity contribution in [3.63, 3.8) is 0 Å². The number of anilines is 1. The van der Waals surface area contributed by atoms with E-state index in [9.17, 15) is 0 Å². The van der Waals surface area contributed by atoms with Crippen LogP contribution in [0.15, 0.2) is 113 Å². The Balaban J connectivity index is 1.45. The zero-order valence-electron chi connectivity index (χ0n) is 20.7. The molecular weight excluding hydrogens is 510 g/mol. The standard InChI is InChI=1S/C30H25N5OS2/c1-36-25-14-8-9-21(17-25)29-26(19-34(33-29)24-12-6-3-7-13-24)28-18-27(22-15-16-38-20-22)32-35(28)30(37)31-23-10-4-2-5-11-23/h2-17,19-20,28H,18H2,1H3,(H,31,37). The topological polar surface area (TPSA) is 54.7 Å². The highest BCUT2D eigenvalue weighted by Gasteiger charge is 2.35. The summed E-state index contributed by atoms with van der Waals surface area (Å²) in [6, 6.07) is 30.0. The molecule has 1 N–H and O–H groups in total. The first-order chi connectivity index (χ1) is 18.7. The quantitative estimate of drug-likeness (QED) is 0.234. The number of methoxy groups -OCH3 is 1. The highest BCUT2D eigenvalue weighted by molar-refractivity contribution is 7.80. The summed E-state index contributed by atoms with van der Waals surface area (Å²) in [6.45, 7) is 0. The van der Waals surface area contributed by atoms with Crippen molar-refractivity contribution < 1.29 is 4.74 Å². The zero-order chi connectivity index (χ0) is 25.9. The van der Waals surface area contributed by atoms with Crippen LogP contribution < -0.4 is 10.1 Å². The van der Waals surface area contributed by atoms with Crippen molar-refractivity contribution in [2.45, 2.75) is 12.5 Å². The minimum Gasteiger partial charge on any atom is -0.497 e. The number of para-hydroxylation sites is 2. The molecule has 188 valence electrons. The van der Waals surface area contributed by atoms with Gasteiger partial charge >= 0.3 is 0 Å². The number of rotatable bonds is 6. The summed E-state index contributed by atoms with van der Waals surface area (Å²) < 4.78 is 7.46. The highest BCUT2D eigenvalue weighted by atomic mass is 32.1. The molecule has 0 fully saturated rings. The molecule has 1 unspecified atom stereocenters. The molecule has 0 saturated heterocycles. The molecule has 6 rings (SSSR count). The Morgan fingerprint density at radius 3 is 2.50 bits per heavy atom. The molecule has 0 spiro atoms. The Kier molecular flexibility index (Phi) is 6.73. The molecule has 6 nitrogen and oxygen atoms in total. The molecule has 1 aliphatic heterocycles. The van der Waals surface area contributed by atoms with Crippen LogP contribution in [0.3, 0.4) is 0 Å². The maximum absolute atomic E-state index is 5.92. The van der Waals surface area contributed by atoms with Crippen LogP contribution in [0.2, 0.25) is 0 Å². The van der Waals surface area contributed by atoms with E-state index in [2.05, 4.69) is 34.4 Å². The van der Waals surface area contributed by atoms with Gasteiger partial charge in [0.25, 0.3) is 0 Å². The van der Waals surface area contributed by atoms with Crippen molar-refractivity contribution in [1.29, 1.82) is 0 Å². The van der Waals surface area contributed by atoms with Crippen LogP contribution >= 0.6 is 23.6 Å². The summed E-state index contributed by atoms with van der Waals surface area (Å²) >= 11 is 7.58. The molecule has 5 aromatic rings. The molecule has 1 atom stereocenters. The van der Waals surface area contributed by atoms with Gasteiger partial charge in [-0.25, -0.2) is 9.69 Å². The van der Waals surface area contributed by atoms with Gasteiger partial charge in [0.1, 0.15) is 5.75 Å². The zero-order valence-corrected chi connectivity index (χ0v) is 22.3. The number of benzene rings is 3. The normalized spacial score (nSPS) is 14.8. The third kappa shape index (κ3) is 4.83. The predicted molar refractivity (Wildman–Crippen MR) is 158 cm³/mol. The van der Waals surface area contributed by atoms with E-state index in [1.165, 1.54) is 0 Å². The smallest absolute Gasteiger partial charge is 0.194 e. The summed E-state index contributed by atoms with van der Waals surface area (Å²) in [5, 5.41) is 20.1. The molecule has 2 aromatic heterocycles. The molecule has 3 heterocycles. The van der Waals surface area contributed by atoms with Gasteiger partial charge in [0, 0.05) is 35.0 Å². The fraction of sp³-hybridized carbons (Fsp3) is 0.100. The fourth-order valence-electron chi connectivity index (χ4n) is 4.58. The molecule has 0 bridgehead atoms. The van der Waals surface area contributed by atoms with Crippen LogP contribution in [-0.4, -0.2) is 32.7 Å². The number of thiophene rings is 1. The van der Waals surface area contributed by atoms with Crippen molar-refractivity contribution in [2.75, 3.05) is 12.4 Å². The van der Waals surface area contributed by atoms with Crippen LogP contribution in [0, 0.1) is 0 Å². The summed E-state index contributed by atoms with van der Waals surface area (Å²) in [5.74, 6) is 0.780. The molecule has 38 heavy (non-hydrogen) atoms. The first kappa shape index (κ1) is 24.1. The minimum atomic E-state index is -0.146. The first-order valence-electron chi connectivity index (χ1n) is 12.2. The Hall–Kier alpha value is -4.27. The molecule has 0 radical (unpaired) electrons. The number of thiocarbonyl (C=S) groups is 1. The van der Waals surface area contributed by atoms with Gasteiger partial charge in [-0.2, -0.15) is 21.5 Å². The Labute approximate surface area is 230 Å². The number of ether oxygens (including phenoxy) is 1. The molecule has 1 aliphatic rings. The SMILES string of the molecule is COc1cccc(-c2nn(-c3ccccc3)cc2C2CC(c3ccsc3)=NN2C(=S)Nc2ccccc2)c1. The van der Waals surface area contributed by atoms with E-state index in [1.54, 1.807) is 18.4 Å². The predicted octanol–water partition coefficient (Wildman–Crippen LogP) is 7.16. The lowest BCUT2D eigenvalue weighted by atomic mass is 9.97. The van der Waals surface area contributed by atoms with Crippen LogP contribution in [0.5, 0.6) is 5.75 Å². The number of nitrogens with one attached hydrogen (secondary N) is 1. The van der Waals surface area contributed by atoms with Gasteiger partial charge in [-0.15, -0.1) is 0 Å². The van der Waals surface area contributed by atoms with Crippen LogP contribution in [0.4, 0.5) is 5.69 Å². The number of hydrogen-bond donors (Lipinski definition) is 1. The number of hydrogen-bond acceptors (Lipinski definition) is 5. The average Bonchev–Trinajstić information content (AvgIpc) is 3.74. The van der Waals surface area contributed by atoms with E-state index in [0.29, 0.717) is 11.5 Å². The lowest BCUT2D eigenvalue weighted by Crippen LogP contribution is -2.31. The Bertz CT molecular complexity index is 1580. The average molecular weight is 536 g/mol. The van der Waals surface area contributed by atoms with Crippen molar-refractivity contribution in [3.05, 3.63) is 119 Å². The van der Waals surface area contributed by atoms with Gasteiger partial charge in [0.2, 0.25) is 0 Å². The van der Waals surface area contributed by atoms with Gasteiger partial charge in [-0.05, 0) is 65.4 Å². The number of nitrogens with zero attached hydrogens (tertiary/aromatic N) is 4. The molecule has 0 saturated carbocycles. The molecule has 0 aliphatic carbocycles. The third-order valence-electron chi connectivity index (χ3n) is 6.46. The van der Waals surface area contributed by atoms with Gasteiger partial charge in [-0.3, -0.25) is 0 Å². The summed E-state index contributed by atoms with van der Waals surface area (Å²) in [5.41, 5.74) is 6.89. The largest absolute Gasteiger partial charge is 0.497 e. The number of hydrazone groups is 1. The molecule has 8 heteroatoms. The van der Waals surface area contributed by atoms with Crippen molar-refractivity contribution in [3.8, 4) is 22.7 Å². The van der Waals surface area contributed by atoms with Crippen LogP contribution in [0.1, 0.15) is 23.6 Å². The third-order valence-corrected chi connectivity index (χ3v) is 7.44. The van der Waals surface area contributed by atoms with E-state index in [1.807, 2.05) is 88.6 Å². The van der Waals surface area contributed by atoms with E-state index in [-0.39, 0.29) is 6.04 Å². The van der Waals surface area contributed by atoms with E-state index in [0.717, 1.165) is 45.2 Å². The monoisotopic (exact) mass is 535 g/mol. The minimum absolute atomic E-state index is 0.146. The highest BCUT2D eigenvalue weighted by Crippen LogP contribution is 2.39.